The Balaban J connectivity index is 1.62. The molecule has 3 aromatic rings. The lowest BCUT2D eigenvalue weighted by Crippen LogP contribution is -2.42. The molecule has 0 N–H and O–H groups in total. The van der Waals surface area contributed by atoms with Gasteiger partial charge in [-0.2, -0.15) is 0 Å². The molecule has 5 rings (SSSR count). The average Bonchev–Trinajstić information content (AvgIpc) is 3.07. The number of morpholine rings is 1. The second-order valence-electron chi connectivity index (χ2n) is 8.18. The maximum atomic E-state index is 13.6. The number of hydrogen-bond acceptors (Lipinski definition) is 5. The number of ether oxygens (including phenoxy) is 1. The summed E-state index contributed by atoms with van der Waals surface area (Å²) in [6, 6.07) is 10.0. The first kappa shape index (κ1) is 21.5. The maximum absolute atomic E-state index is 13.6. The number of nitrogens with zero attached hydrogens (tertiary/aromatic N) is 2. The van der Waals surface area contributed by atoms with Crippen molar-refractivity contribution in [3.05, 3.63) is 79.1 Å². The van der Waals surface area contributed by atoms with Gasteiger partial charge in [0.1, 0.15) is 5.58 Å². The van der Waals surface area contributed by atoms with Crippen LogP contribution in [0.1, 0.15) is 33.3 Å². The highest BCUT2D eigenvalue weighted by atomic mass is 35.5. The molecule has 2 aromatic carbocycles. The molecule has 0 aliphatic carbocycles. The van der Waals surface area contributed by atoms with E-state index >= 15 is 0 Å². The predicted molar refractivity (Wildman–Crippen MR) is 124 cm³/mol. The van der Waals surface area contributed by atoms with Crippen molar-refractivity contribution >= 4 is 40.1 Å². The molecule has 8 heteroatoms. The molecule has 1 fully saturated rings. The highest BCUT2D eigenvalue weighted by Gasteiger charge is 2.42. The molecule has 1 saturated heterocycles. The van der Waals surface area contributed by atoms with Gasteiger partial charge in [-0.3, -0.25) is 14.5 Å². The minimum atomic E-state index is -0.545. The standard InChI is InChI=1S/C24H22Cl2N2O4/c1-14-12-19-17(13-18(14)26)22(29)20-21(15-2-4-16(25)5-3-15)28(24(30)23(20)32-19)7-6-27-8-10-31-11-9-27/h2-5,12-13,21H,6-11H2,1H3. The molecule has 0 saturated carbocycles. The number of carbonyl (C=O) groups excluding carboxylic acids is 1. The van der Waals surface area contributed by atoms with Crippen molar-refractivity contribution in [3.63, 3.8) is 0 Å². The van der Waals surface area contributed by atoms with Crippen LogP contribution in [0.3, 0.4) is 0 Å². The molecule has 166 valence electrons. The van der Waals surface area contributed by atoms with Crippen molar-refractivity contribution < 1.29 is 13.9 Å². The van der Waals surface area contributed by atoms with Gasteiger partial charge in [-0.05, 0) is 42.3 Å². The molecule has 1 unspecified atom stereocenters. The van der Waals surface area contributed by atoms with Gasteiger partial charge in [0, 0.05) is 36.2 Å². The normalized spacial score (nSPS) is 19.0. The first-order valence-electron chi connectivity index (χ1n) is 10.6. The van der Waals surface area contributed by atoms with E-state index < -0.39 is 6.04 Å². The van der Waals surface area contributed by atoms with Crippen LogP contribution in [-0.2, 0) is 4.74 Å². The Morgan fingerprint density at radius 1 is 1.03 bits per heavy atom. The van der Waals surface area contributed by atoms with Gasteiger partial charge in [-0.15, -0.1) is 0 Å². The van der Waals surface area contributed by atoms with Crippen LogP contribution < -0.4 is 5.43 Å². The molecular weight excluding hydrogens is 451 g/mol. The van der Waals surface area contributed by atoms with Gasteiger partial charge in [0.2, 0.25) is 5.76 Å². The van der Waals surface area contributed by atoms with Crippen molar-refractivity contribution in [1.29, 1.82) is 0 Å². The Bertz CT molecular complexity index is 1250. The summed E-state index contributed by atoms with van der Waals surface area (Å²) in [7, 11) is 0. The number of fused-ring (bicyclic) bond motifs is 2. The van der Waals surface area contributed by atoms with Gasteiger partial charge in [-0.1, -0.05) is 35.3 Å². The highest BCUT2D eigenvalue weighted by Crippen LogP contribution is 2.38. The summed E-state index contributed by atoms with van der Waals surface area (Å²) in [5.41, 5.74) is 2.09. The Morgan fingerprint density at radius 3 is 2.47 bits per heavy atom. The minimum absolute atomic E-state index is 0.103. The van der Waals surface area contributed by atoms with Crippen molar-refractivity contribution in [1.82, 2.24) is 9.80 Å². The third-order valence-corrected chi connectivity index (χ3v) is 6.85. The summed E-state index contributed by atoms with van der Waals surface area (Å²) in [5.74, 6) is -0.175. The molecule has 2 aliphatic rings. The van der Waals surface area contributed by atoms with Gasteiger partial charge in [-0.25, -0.2) is 0 Å². The average molecular weight is 473 g/mol. The third kappa shape index (κ3) is 3.71. The van der Waals surface area contributed by atoms with Crippen LogP contribution in [0, 0.1) is 6.92 Å². The summed E-state index contributed by atoms with van der Waals surface area (Å²) < 4.78 is 11.4. The van der Waals surface area contributed by atoms with E-state index in [0.29, 0.717) is 52.9 Å². The molecule has 0 bridgehead atoms. The number of hydrogen-bond donors (Lipinski definition) is 0. The van der Waals surface area contributed by atoms with E-state index in [1.54, 1.807) is 29.2 Å². The van der Waals surface area contributed by atoms with E-state index in [1.807, 2.05) is 19.1 Å². The summed E-state index contributed by atoms with van der Waals surface area (Å²) in [6.45, 7) is 5.99. The van der Waals surface area contributed by atoms with Crippen LogP contribution in [0.25, 0.3) is 11.0 Å². The summed E-state index contributed by atoms with van der Waals surface area (Å²) in [6.07, 6.45) is 0. The Morgan fingerprint density at radius 2 is 1.75 bits per heavy atom. The van der Waals surface area contributed by atoms with Crippen LogP contribution in [-0.4, -0.2) is 55.1 Å². The molecule has 3 heterocycles. The molecule has 1 aromatic heterocycles. The second-order valence-corrected chi connectivity index (χ2v) is 9.02. The fourth-order valence-corrected chi connectivity index (χ4v) is 4.73. The van der Waals surface area contributed by atoms with Gasteiger partial charge >= 0.3 is 0 Å². The summed E-state index contributed by atoms with van der Waals surface area (Å²) >= 11 is 12.4. The first-order chi connectivity index (χ1) is 15.4. The lowest BCUT2D eigenvalue weighted by Gasteiger charge is -2.31. The fraction of sp³-hybridized carbons (Fsp3) is 0.333. The number of amides is 1. The van der Waals surface area contributed by atoms with Gasteiger partial charge in [0.05, 0.1) is 30.2 Å². The van der Waals surface area contributed by atoms with Crippen molar-refractivity contribution in [2.45, 2.75) is 13.0 Å². The van der Waals surface area contributed by atoms with E-state index in [4.69, 9.17) is 32.4 Å². The van der Waals surface area contributed by atoms with Crippen LogP contribution in [0.4, 0.5) is 0 Å². The van der Waals surface area contributed by atoms with Crippen LogP contribution in [0.2, 0.25) is 10.0 Å². The zero-order valence-electron chi connectivity index (χ0n) is 17.6. The molecular formula is C24H22Cl2N2O4. The van der Waals surface area contributed by atoms with Gasteiger partial charge in [0.15, 0.2) is 5.43 Å². The van der Waals surface area contributed by atoms with Gasteiger partial charge in [0.25, 0.3) is 5.91 Å². The van der Waals surface area contributed by atoms with E-state index in [9.17, 15) is 9.59 Å². The topological polar surface area (TPSA) is 63.0 Å². The molecule has 6 nitrogen and oxygen atoms in total. The maximum Gasteiger partial charge on any atom is 0.290 e. The third-order valence-electron chi connectivity index (χ3n) is 6.19. The molecule has 32 heavy (non-hydrogen) atoms. The Kier molecular flexibility index (Phi) is 5.72. The predicted octanol–water partition coefficient (Wildman–Crippen LogP) is 4.29. The molecule has 1 atom stereocenters. The lowest BCUT2D eigenvalue weighted by molar-refractivity contribution is 0.0314. The molecule has 0 radical (unpaired) electrons. The lowest BCUT2D eigenvalue weighted by atomic mass is 9.98. The summed E-state index contributed by atoms with van der Waals surface area (Å²) in [5, 5.41) is 1.45. The largest absolute Gasteiger partial charge is 0.450 e. The summed E-state index contributed by atoms with van der Waals surface area (Å²) in [4.78, 5) is 31.0. The van der Waals surface area contributed by atoms with E-state index in [1.165, 1.54) is 0 Å². The molecule has 0 spiro atoms. The van der Waals surface area contributed by atoms with Crippen LogP contribution >= 0.6 is 23.2 Å². The second kappa shape index (κ2) is 8.52. The quantitative estimate of drug-likeness (QED) is 0.566. The number of benzene rings is 2. The number of carbonyl (C=O) groups is 1. The van der Waals surface area contributed by atoms with Crippen molar-refractivity contribution in [2.75, 3.05) is 39.4 Å². The zero-order chi connectivity index (χ0) is 22.4. The minimum Gasteiger partial charge on any atom is -0.450 e. The number of halogens is 2. The van der Waals surface area contributed by atoms with Crippen LogP contribution in [0.5, 0.6) is 0 Å². The Labute approximate surface area is 195 Å². The van der Waals surface area contributed by atoms with Crippen molar-refractivity contribution in [3.8, 4) is 0 Å². The Hall–Kier alpha value is -2.38. The monoisotopic (exact) mass is 472 g/mol. The highest BCUT2D eigenvalue weighted by molar-refractivity contribution is 6.32. The number of rotatable bonds is 4. The smallest absolute Gasteiger partial charge is 0.290 e. The zero-order valence-corrected chi connectivity index (χ0v) is 19.1. The van der Waals surface area contributed by atoms with Crippen LogP contribution in [0.15, 0.2) is 45.6 Å². The fourth-order valence-electron chi connectivity index (χ4n) is 4.44. The SMILES string of the molecule is Cc1cc2oc3c(c(=O)c2cc1Cl)C(c1ccc(Cl)cc1)N(CCN1CCOCC1)C3=O. The van der Waals surface area contributed by atoms with Crippen molar-refractivity contribution in [2.24, 2.45) is 0 Å². The van der Waals surface area contributed by atoms with E-state index in [-0.39, 0.29) is 17.1 Å². The molecule has 2 aliphatic heterocycles. The van der Waals surface area contributed by atoms with E-state index in [2.05, 4.69) is 4.90 Å². The van der Waals surface area contributed by atoms with Gasteiger partial charge < -0.3 is 14.1 Å². The first-order valence-corrected chi connectivity index (χ1v) is 11.3. The molecule has 1 amide bonds. The van der Waals surface area contributed by atoms with E-state index in [0.717, 1.165) is 24.2 Å². The number of aryl methyl sites for hydroxylation is 1.